The number of rotatable bonds is 6. The van der Waals surface area contributed by atoms with E-state index in [4.69, 9.17) is 0 Å². The lowest BCUT2D eigenvalue weighted by Gasteiger charge is -2.42. The van der Waals surface area contributed by atoms with Crippen LogP contribution in [0.1, 0.15) is 84.8 Å². The molecule has 0 amide bonds. The molecule has 3 heteroatoms. The number of hydrogen-bond acceptors (Lipinski definition) is 2. The highest BCUT2D eigenvalue weighted by Crippen LogP contribution is 2.43. The lowest BCUT2D eigenvalue weighted by Crippen LogP contribution is -2.43. The van der Waals surface area contributed by atoms with E-state index < -0.39 is 5.60 Å². The van der Waals surface area contributed by atoms with E-state index in [9.17, 15) is 9.50 Å². The van der Waals surface area contributed by atoms with E-state index in [1.807, 2.05) is 33.9 Å². The molecule has 0 heterocycles. The number of hydrogen-bond donors (Lipinski definition) is 2. The Morgan fingerprint density at radius 1 is 1.14 bits per heavy atom. The number of nitrogens with one attached hydrogen (secondary N) is 1. The maximum Gasteiger partial charge on any atom is 0.127 e. The van der Waals surface area contributed by atoms with Gasteiger partial charge >= 0.3 is 0 Å². The summed E-state index contributed by atoms with van der Waals surface area (Å²) in [4.78, 5) is 0. The molecule has 1 aliphatic carbocycles. The number of aryl methyl sites for hydroxylation is 1. The number of benzene rings is 2. The standard InChI is InChI=1S/C16H18FN.C10H22O/c1-3-13-14(17)7-6-11-8-12(10-4-5-10)9-15(18-2)16(11)13;1-7-8(2)9(3,4)10(5,6)11/h6-10,18H,3-5H2,1-2H3;8,11H,7H2,1-6H3. The van der Waals surface area contributed by atoms with Crippen molar-refractivity contribution in [3.8, 4) is 0 Å². The van der Waals surface area contributed by atoms with Gasteiger partial charge in [0.2, 0.25) is 0 Å². The van der Waals surface area contributed by atoms with E-state index in [1.165, 1.54) is 18.4 Å². The Morgan fingerprint density at radius 3 is 2.17 bits per heavy atom. The van der Waals surface area contributed by atoms with Gasteiger partial charge in [0.15, 0.2) is 0 Å². The summed E-state index contributed by atoms with van der Waals surface area (Å²) in [6.45, 7) is 14.4. The molecule has 2 nitrogen and oxygen atoms in total. The van der Waals surface area contributed by atoms with Gasteiger partial charge in [-0.25, -0.2) is 4.39 Å². The van der Waals surface area contributed by atoms with Crippen molar-refractivity contribution < 1.29 is 9.50 Å². The molecule has 1 aliphatic rings. The van der Waals surface area contributed by atoms with Crippen LogP contribution in [-0.4, -0.2) is 17.8 Å². The minimum atomic E-state index is -0.581. The van der Waals surface area contributed by atoms with Gasteiger partial charge in [-0.15, -0.1) is 0 Å². The highest BCUT2D eigenvalue weighted by atomic mass is 19.1. The molecule has 1 unspecified atom stereocenters. The topological polar surface area (TPSA) is 32.3 Å². The van der Waals surface area contributed by atoms with Gasteiger partial charge in [0.05, 0.1) is 5.60 Å². The van der Waals surface area contributed by atoms with Crippen LogP contribution in [0.4, 0.5) is 10.1 Å². The lowest BCUT2D eigenvalue weighted by molar-refractivity contribution is -0.0653. The van der Waals surface area contributed by atoms with Gasteiger partial charge in [-0.05, 0) is 79.0 Å². The zero-order chi connectivity index (χ0) is 22.0. The summed E-state index contributed by atoms with van der Waals surface area (Å²) in [5, 5.41) is 15.3. The van der Waals surface area contributed by atoms with E-state index in [0.717, 1.165) is 40.8 Å². The van der Waals surface area contributed by atoms with Gasteiger partial charge in [-0.3, -0.25) is 0 Å². The van der Waals surface area contributed by atoms with Crippen LogP contribution in [0.5, 0.6) is 0 Å². The Morgan fingerprint density at radius 2 is 1.76 bits per heavy atom. The van der Waals surface area contributed by atoms with Gasteiger partial charge in [0, 0.05) is 18.1 Å². The molecule has 162 valence electrons. The van der Waals surface area contributed by atoms with Crippen LogP contribution >= 0.6 is 0 Å². The van der Waals surface area contributed by atoms with Crippen molar-refractivity contribution in [3.63, 3.8) is 0 Å². The molecule has 0 bridgehead atoms. The Hall–Kier alpha value is -1.61. The smallest absolute Gasteiger partial charge is 0.127 e. The second-order valence-corrected chi connectivity index (χ2v) is 9.66. The second kappa shape index (κ2) is 9.04. The second-order valence-electron chi connectivity index (χ2n) is 9.66. The monoisotopic (exact) mass is 401 g/mol. The molecule has 0 aliphatic heterocycles. The van der Waals surface area contributed by atoms with E-state index in [1.54, 1.807) is 6.07 Å². The molecule has 29 heavy (non-hydrogen) atoms. The van der Waals surface area contributed by atoms with Crippen molar-refractivity contribution in [2.75, 3.05) is 12.4 Å². The Kier molecular flexibility index (Phi) is 7.37. The van der Waals surface area contributed by atoms with Crippen LogP contribution in [0, 0.1) is 17.2 Å². The fraction of sp³-hybridized carbons (Fsp3) is 0.615. The third-order valence-corrected chi connectivity index (χ3v) is 7.28. The normalized spacial score (nSPS) is 15.7. The largest absolute Gasteiger partial charge is 0.390 e. The van der Waals surface area contributed by atoms with Crippen molar-refractivity contribution in [1.82, 2.24) is 0 Å². The Labute approximate surface area is 176 Å². The van der Waals surface area contributed by atoms with Crippen molar-refractivity contribution in [1.29, 1.82) is 0 Å². The lowest BCUT2D eigenvalue weighted by atomic mass is 9.68. The summed E-state index contributed by atoms with van der Waals surface area (Å²) in [7, 11) is 1.91. The molecule has 2 N–H and O–H groups in total. The summed E-state index contributed by atoms with van der Waals surface area (Å²) >= 11 is 0. The van der Waals surface area contributed by atoms with Crippen molar-refractivity contribution in [2.24, 2.45) is 11.3 Å². The van der Waals surface area contributed by atoms with E-state index in [2.05, 4.69) is 45.1 Å². The fourth-order valence-corrected chi connectivity index (χ4v) is 3.85. The van der Waals surface area contributed by atoms with Gasteiger partial charge in [-0.1, -0.05) is 53.2 Å². The highest BCUT2D eigenvalue weighted by Gasteiger charge is 2.38. The third-order valence-electron chi connectivity index (χ3n) is 7.28. The molecule has 1 fully saturated rings. The molecule has 1 saturated carbocycles. The summed E-state index contributed by atoms with van der Waals surface area (Å²) in [5.74, 6) is 1.18. The molecule has 2 aromatic rings. The average Bonchev–Trinajstić information content (AvgIpc) is 3.51. The molecule has 0 spiro atoms. The maximum absolute atomic E-state index is 13.9. The molecular weight excluding hydrogens is 361 g/mol. The molecule has 3 rings (SSSR count). The van der Waals surface area contributed by atoms with Crippen molar-refractivity contribution in [2.45, 2.75) is 85.7 Å². The maximum atomic E-state index is 13.9. The number of anilines is 1. The first-order valence-corrected chi connectivity index (χ1v) is 11.1. The molecule has 0 radical (unpaired) electrons. The highest BCUT2D eigenvalue weighted by molar-refractivity contribution is 5.97. The van der Waals surface area contributed by atoms with Crippen LogP contribution in [0.3, 0.4) is 0 Å². The quantitative estimate of drug-likeness (QED) is 0.532. The van der Waals surface area contributed by atoms with E-state index in [-0.39, 0.29) is 11.2 Å². The summed E-state index contributed by atoms with van der Waals surface area (Å²) in [6.07, 6.45) is 4.42. The van der Waals surface area contributed by atoms with Crippen LogP contribution in [-0.2, 0) is 6.42 Å². The fourth-order valence-electron chi connectivity index (χ4n) is 3.85. The van der Waals surface area contributed by atoms with Crippen LogP contribution < -0.4 is 5.32 Å². The van der Waals surface area contributed by atoms with E-state index in [0.29, 0.717) is 5.92 Å². The molecule has 0 saturated heterocycles. The number of fused-ring (bicyclic) bond motifs is 1. The first-order valence-electron chi connectivity index (χ1n) is 11.1. The predicted molar refractivity (Wildman–Crippen MR) is 124 cm³/mol. The van der Waals surface area contributed by atoms with Crippen molar-refractivity contribution >= 4 is 16.5 Å². The molecule has 2 aromatic carbocycles. The minimum Gasteiger partial charge on any atom is -0.390 e. The number of aliphatic hydroxyl groups is 1. The van der Waals surface area contributed by atoms with Crippen LogP contribution in [0.2, 0.25) is 0 Å². The SMILES string of the molecule is CCC(C)C(C)(C)C(C)(C)O.CCc1c(F)ccc2cc(C3CC3)cc(NC)c12. The molecule has 1 atom stereocenters. The van der Waals surface area contributed by atoms with Crippen LogP contribution in [0.15, 0.2) is 24.3 Å². The minimum absolute atomic E-state index is 0.00174. The first-order chi connectivity index (χ1) is 13.5. The zero-order valence-corrected chi connectivity index (χ0v) is 19.6. The van der Waals surface area contributed by atoms with E-state index >= 15 is 0 Å². The summed E-state index contributed by atoms with van der Waals surface area (Å²) < 4.78 is 13.9. The predicted octanol–water partition coefficient (Wildman–Crippen LogP) is 7.29. The number of halogens is 1. The average molecular weight is 402 g/mol. The summed E-state index contributed by atoms with van der Waals surface area (Å²) in [5.41, 5.74) is 2.69. The third kappa shape index (κ3) is 5.12. The Balaban J connectivity index is 0.000000237. The van der Waals surface area contributed by atoms with Crippen LogP contribution in [0.25, 0.3) is 10.8 Å². The van der Waals surface area contributed by atoms with Gasteiger partial charge in [0.25, 0.3) is 0 Å². The molecular formula is C26H40FNO. The van der Waals surface area contributed by atoms with Gasteiger partial charge in [-0.2, -0.15) is 0 Å². The zero-order valence-electron chi connectivity index (χ0n) is 19.6. The molecule has 0 aromatic heterocycles. The van der Waals surface area contributed by atoms with Gasteiger partial charge < -0.3 is 10.4 Å². The van der Waals surface area contributed by atoms with Gasteiger partial charge in [0.1, 0.15) is 5.82 Å². The Bertz CT molecular complexity index is 831. The summed E-state index contributed by atoms with van der Waals surface area (Å²) in [6, 6.07) is 7.92. The first kappa shape index (κ1) is 23.7. The van der Waals surface area contributed by atoms with Crippen molar-refractivity contribution in [3.05, 3.63) is 41.2 Å².